The minimum atomic E-state index is -4.46. The summed E-state index contributed by atoms with van der Waals surface area (Å²) in [5.41, 5.74) is -0.335. The molecule has 0 aliphatic carbocycles. The standard InChI is InChI=1S/C17H18F3N3O3/c1-22-5-6-23(10-16(22)24)9-12-8-14(21-26-12)13-7-11(17(18,19)20)3-4-15(13)25-2/h3-4,7-8H,5-6,9-10H2,1-2H3. The lowest BCUT2D eigenvalue weighted by atomic mass is 10.1. The highest BCUT2D eigenvalue weighted by Gasteiger charge is 2.31. The van der Waals surface area contributed by atoms with Crippen LogP contribution < -0.4 is 4.74 Å². The van der Waals surface area contributed by atoms with Crippen LogP contribution in [0.4, 0.5) is 13.2 Å². The number of carbonyl (C=O) groups is 1. The summed E-state index contributed by atoms with van der Waals surface area (Å²) in [7, 11) is 3.12. The van der Waals surface area contributed by atoms with E-state index in [9.17, 15) is 18.0 Å². The molecule has 1 fully saturated rings. The molecule has 2 heterocycles. The number of ether oxygens (including phenoxy) is 1. The second kappa shape index (κ2) is 6.99. The number of amides is 1. The number of halogens is 3. The number of hydrogen-bond acceptors (Lipinski definition) is 5. The molecule has 1 aromatic heterocycles. The predicted octanol–water partition coefficient (Wildman–Crippen LogP) is 2.64. The van der Waals surface area contributed by atoms with Crippen LogP contribution in [0.3, 0.4) is 0 Å². The number of piperazine rings is 1. The second-order valence-electron chi connectivity index (χ2n) is 6.12. The van der Waals surface area contributed by atoms with Crippen molar-refractivity contribution in [2.45, 2.75) is 12.7 Å². The number of rotatable bonds is 4. The smallest absolute Gasteiger partial charge is 0.416 e. The van der Waals surface area contributed by atoms with Crippen molar-refractivity contribution < 1.29 is 27.2 Å². The number of hydrogen-bond donors (Lipinski definition) is 0. The van der Waals surface area contributed by atoms with Crippen molar-refractivity contribution in [2.24, 2.45) is 0 Å². The van der Waals surface area contributed by atoms with Gasteiger partial charge in [0.05, 0.1) is 25.8 Å². The van der Waals surface area contributed by atoms with Gasteiger partial charge in [-0.25, -0.2) is 0 Å². The topological polar surface area (TPSA) is 58.8 Å². The summed E-state index contributed by atoms with van der Waals surface area (Å²) in [4.78, 5) is 15.3. The van der Waals surface area contributed by atoms with Crippen molar-refractivity contribution in [1.82, 2.24) is 15.0 Å². The van der Waals surface area contributed by atoms with Gasteiger partial charge in [0.2, 0.25) is 5.91 Å². The Morgan fingerprint density at radius 1 is 1.27 bits per heavy atom. The number of nitrogens with zero attached hydrogens (tertiary/aromatic N) is 3. The lowest BCUT2D eigenvalue weighted by Crippen LogP contribution is -2.47. The molecule has 1 saturated heterocycles. The lowest BCUT2D eigenvalue weighted by Gasteiger charge is -2.31. The van der Waals surface area contributed by atoms with Crippen LogP contribution in [0.2, 0.25) is 0 Å². The number of alkyl halides is 3. The average Bonchev–Trinajstić information content (AvgIpc) is 3.05. The highest BCUT2D eigenvalue weighted by molar-refractivity contribution is 5.78. The molecular weight excluding hydrogens is 351 g/mol. The molecule has 0 bridgehead atoms. The fourth-order valence-electron chi connectivity index (χ4n) is 2.76. The third kappa shape index (κ3) is 3.82. The van der Waals surface area contributed by atoms with Gasteiger partial charge in [0.15, 0.2) is 5.76 Å². The first-order chi connectivity index (χ1) is 12.3. The van der Waals surface area contributed by atoms with Gasteiger partial charge >= 0.3 is 6.18 Å². The molecule has 6 nitrogen and oxygen atoms in total. The molecule has 140 valence electrons. The van der Waals surface area contributed by atoms with Gasteiger partial charge < -0.3 is 14.2 Å². The summed E-state index contributed by atoms with van der Waals surface area (Å²) in [6, 6.07) is 4.77. The fraction of sp³-hybridized carbons (Fsp3) is 0.412. The highest BCUT2D eigenvalue weighted by atomic mass is 19.4. The maximum Gasteiger partial charge on any atom is 0.416 e. The molecule has 0 N–H and O–H groups in total. The van der Waals surface area contributed by atoms with Crippen molar-refractivity contribution >= 4 is 5.91 Å². The van der Waals surface area contributed by atoms with Crippen LogP contribution in [-0.2, 0) is 17.5 Å². The van der Waals surface area contributed by atoms with Crippen LogP contribution in [0.5, 0.6) is 5.75 Å². The van der Waals surface area contributed by atoms with Gasteiger partial charge in [0.1, 0.15) is 11.4 Å². The van der Waals surface area contributed by atoms with Gasteiger partial charge in [-0.05, 0) is 18.2 Å². The van der Waals surface area contributed by atoms with Crippen molar-refractivity contribution in [3.63, 3.8) is 0 Å². The molecule has 1 aliphatic rings. The first-order valence-corrected chi connectivity index (χ1v) is 7.95. The molecule has 26 heavy (non-hydrogen) atoms. The van der Waals surface area contributed by atoms with E-state index >= 15 is 0 Å². The molecule has 0 radical (unpaired) electrons. The summed E-state index contributed by atoms with van der Waals surface area (Å²) in [6.45, 7) is 1.92. The number of aromatic nitrogens is 1. The van der Waals surface area contributed by atoms with E-state index in [2.05, 4.69) is 5.16 Å². The number of benzene rings is 1. The van der Waals surface area contributed by atoms with Gasteiger partial charge in [0, 0.05) is 31.8 Å². The molecule has 1 aliphatic heterocycles. The van der Waals surface area contributed by atoms with Gasteiger partial charge in [-0.15, -0.1) is 0 Å². The molecule has 1 amide bonds. The lowest BCUT2D eigenvalue weighted by molar-refractivity contribution is -0.137. The first-order valence-electron chi connectivity index (χ1n) is 7.95. The quantitative estimate of drug-likeness (QED) is 0.829. The normalized spacial score (nSPS) is 16.2. The van der Waals surface area contributed by atoms with E-state index < -0.39 is 11.7 Å². The van der Waals surface area contributed by atoms with Crippen molar-refractivity contribution in [2.75, 3.05) is 33.8 Å². The van der Waals surface area contributed by atoms with Crippen LogP contribution in [0.15, 0.2) is 28.8 Å². The summed E-state index contributed by atoms with van der Waals surface area (Å²) in [5.74, 6) is 0.750. The third-order valence-corrected chi connectivity index (χ3v) is 4.28. The summed E-state index contributed by atoms with van der Waals surface area (Å²) < 4.78 is 49.3. The Bertz CT molecular complexity index is 804. The minimum absolute atomic E-state index is 0.00976. The predicted molar refractivity (Wildman–Crippen MR) is 86.4 cm³/mol. The third-order valence-electron chi connectivity index (χ3n) is 4.28. The highest BCUT2D eigenvalue weighted by Crippen LogP contribution is 2.37. The molecule has 1 aromatic carbocycles. The van der Waals surface area contributed by atoms with Crippen molar-refractivity contribution in [3.8, 4) is 17.0 Å². The average molecular weight is 369 g/mol. The van der Waals surface area contributed by atoms with E-state index in [1.807, 2.05) is 4.90 Å². The zero-order valence-corrected chi connectivity index (χ0v) is 14.3. The Hall–Kier alpha value is -2.55. The van der Waals surface area contributed by atoms with Crippen LogP contribution in [0, 0.1) is 0 Å². The van der Waals surface area contributed by atoms with Gasteiger partial charge in [-0.3, -0.25) is 9.69 Å². The van der Waals surface area contributed by atoms with E-state index in [0.717, 1.165) is 12.1 Å². The zero-order chi connectivity index (χ0) is 18.9. The van der Waals surface area contributed by atoms with Crippen LogP contribution >= 0.6 is 0 Å². The molecule has 0 atom stereocenters. The van der Waals surface area contributed by atoms with Gasteiger partial charge in [-0.2, -0.15) is 13.2 Å². The van der Waals surface area contributed by atoms with E-state index in [4.69, 9.17) is 9.26 Å². The van der Waals surface area contributed by atoms with Crippen molar-refractivity contribution in [1.29, 1.82) is 0 Å². The van der Waals surface area contributed by atoms with E-state index in [1.54, 1.807) is 18.0 Å². The monoisotopic (exact) mass is 369 g/mol. The Labute approximate surface area is 148 Å². The molecule has 3 rings (SSSR count). The number of likely N-dealkylation sites (N-methyl/N-ethyl adjacent to an activating group) is 1. The Morgan fingerprint density at radius 3 is 2.69 bits per heavy atom. The summed E-state index contributed by atoms with van der Waals surface area (Å²) in [6.07, 6.45) is -4.46. The summed E-state index contributed by atoms with van der Waals surface area (Å²) in [5, 5.41) is 3.87. The molecule has 9 heteroatoms. The number of carbonyl (C=O) groups excluding carboxylic acids is 1. The number of methoxy groups -OCH3 is 1. The molecule has 2 aromatic rings. The zero-order valence-electron chi connectivity index (χ0n) is 14.3. The van der Waals surface area contributed by atoms with Gasteiger partial charge in [0.25, 0.3) is 0 Å². The van der Waals surface area contributed by atoms with Crippen LogP contribution in [0.1, 0.15) is 11.3 Å². The molecular formula is C17H18F3N3O3. The van der Waals surface area contributed by atoms with E-state index in [-0.39, 0.29) is 29.5 Å². The van der Waals surface area contributed by atoms with Gasteiger partial charge in [-0.1, -0.05) is 5.16 Å². The van der Waals surface area contributed by atoms with E-state index in [0.29, 0.717) is 25.4 Å². The molecule has 0 unspecified atom stereocenters. The van der Waals surface area contributed by atoms with Crippen LogP contribution in [-0.4, -0.2) is 54.7 Å². The largest absolute Gasteiger partial charge is 0.496 e. The van der Waals surface area contributed by atoms with Crippen molar-refractivity contribution in [3.05, 3.63) is 35.6 Å². The van der Waals surface area contributed by atoms with E-state index in [1.165, 1.54) is 13.2 Å². The van der Waals surface area contributed by atoms with Crippen LogP contribution in [0.25, 0.3) is 11.3 Å². The Balaban J connectivity index is 1.82. The molecule has 0 spiro atoms. The minimum Gasteiger partial charge on any atom is -0.496 e. The SMILES string of the molecule is COc1ccc(C(F)(F)F)cc1-c1cc(CN2CCN(C)C(=O)C2)on1. The second-order valence-corrected chi connectivity index (χ2v) is 6.12. The maximum atomic E-state index is 13.0. The Morgan fingerprint density at radius 2 is 2.04 bits per heavy atom. The fourth-order valence-corrected chi connectivity index (χ4v) is 2.76. The molecule has 0 saturated carbocycles. The first kappa shape index (κ1) is 18.2. The Kier molecular flexibility index (Phi) is 4.90. The maximum absolute atomic E-state index is 13.0. The summed E-state index contributed by atoms with van der Waals surface area (Å²) >= 11 is 0.